The molecule has 2 aromatic heterocycles. The molecular weight excluding hydrogens is 511 g/mol. The molecule has 0 spiro atoms. The highest BCUT2D eigenvalue weighted by molar-refractivity contribution is 7.98. The molecule has 39 heavy (non-hydrogen) atoms. The minimum absolute atomic E-state index is 0.0831. The maximum atomic E-state index is 14.5. The summed E-state index contributed by atoms with van der Waals surface area (Å²) in [5, 5.41) is 20.9. The molecule has 1 aliphatic rings. The summed E-state index contributed by atoms with van der Waals surface area (Å²) in [6.45, 7) is 9.06. The third-order valence-corrected chi connectivity index (χ3v) is 8.61. The van der Waals surface area contributed by atoms with Crippen LogP contribution in [0.3, 0.4) is 0 Å². The van der Waals surface area contributed by atoms with Crippen molar-refractivity contribution < 1.29 is 9.50 Å². The molecule has 3 atom stereocenters. The van der Waals surface area contributed by atoms with E-state index in [1.54, 1.807) is 18.0 Å². The minimum atomic E-state index is -0.434. The van der Waals surface area contributed by atoms with E-state index in [4.69, 9.17) is 0 Å². The van der Waals surface area contributed by atoms with Crippen LogP contribution in [0, 0.1) is 23.6 Å². The van der Waals surface area contributed by atoms with Crippen LogP contribution in [0.15, 0.2) is 29.6 Å². The molecule has 218 valence electrons. The van der Waals surface area contributed by atoms with Gasteiger partial charge in [0.25, 0.3) is 0 Å². The zero-order valence-electron chi connectivity index (χ0n) is 24.3. The molecule has 9 heteroatoms. The molecule has 2 aromatic rings. The Morgan fingerprint density at radius 1 is 1.10 bits per heavy atom. The largest absolute Gasteiger partial charge is 0.393 e. The van der Waals surface area contributed by atoms with Crippen LogP contribution in [0.2, 0.25) is 0 Å². The number of pyridine rings is 1. The van der Waals surface area contributed by atoms with Gasteiger partial charge in [0.15, 0.2) is 11.6 Å². The number of thioether (sulfide) groups is 1. The van der Waals surface area contributed by atoms with E-state index in [1.165, 1.54) is 31.9 Å². The Kier molecular flexibility index (Phi) is 13.7. The first-order chi connectivity index (χ1) is 18.9. The second-order valence-corrected chi connectivity index (χ2v) is 12.1. The highest BCUT2D eigenvalue weighted by Gasteiger charge is 2.20. The third kappa shape index (κ3) is 11.2. The second-order valence-electron chi connectivity index (χ2n) is 11.4. The van der Waals surface area contributed by atoms with E-state index in [0.29, 0.717) is 42.8 Å². The first kappa shape index (κ1) is 31.6. The maximum Gasteiger partial charge on any atom is 0.225 e. The van der Waals surface area contributed by atoms with E-state index in [0.717, 1.165) is 49.2 Å². The number of aromatic nitrogens is 3. The Morgan fingerprint density at radius 2 is 1.90 bits per heavy atom. The molecule has 3 rings (SSSR count). The number of aliphatic hydroxyl groups is 1. The normalized spacial score (nSPS) is 19.8. The van der Waals surface area contributed by atoms with Gasteiger partial charge in [0.2, 0.25) is 5.95 Å². The average Bonchev–Trinajstić information content (AvgIpc) is 2.94. The summed E-state index contributed by atoms with van der Waals surface area (Å²) in [6.07, 6.45) is 15.0. The van der Waals surface area contributed by atoms with Crippen molar-refractivity contribution in [2.45, 2.75) is 102 Å². The number of hydrogen-bond acceptors (Lipinski definition) is 8. The Bertz CT molecular complexity index is 974. The topological polar surface area (TPSA) is 95.0 Å². The molecule has 2 heterocycles. The lowest BCUT2D eigenvalue weighted by atomic mass is 9.86. The molecule has 7 nitrogen and oxygen atoms in total. The summed E-state index contributed by atoms with van der Waals surface area (Å²) in [5.74, 6) is 1.99. The van der Waals surface area contributed by atoms with Gasteiger partial charge in [-0.05, 0) is 88.5 Å². The van der Waals surface area contributed by atoms with Gasteiger partial charge in [-0.25, -0.2) is 14.4 Å². The Balaban J connectivity index is 1.42. The predicted octanol–water partition coefficient (Wildman–Crippen LogP) is 6.51. The van der Waals surface area contributed by atoms with Gasteiger partial charge >= 0.3 is 0 Å². The van der Waals surface area contributed by atoms with E-state index >= 15 is 0 Å². The van der Waals surface area contributed by atoms with Crippen LogP contribution >= 0.6 is 11.8 Å². The predicted molar refractivity (Wildman–Crippen MR) is 161 cm³/mol. The molecule has 0 aromatic carbocycles. The summed E-state index contributed by atoms with van der Waals surface area (Å²) in [7, 11) is 0. The number of halogens is 1. The Hall–Kier alpha value is -1.97. The van der Waals surface area contributed by atoms with E-state index in [2.05, 4.69) is 51.7 Å². The van der Waals surface area contributed by atoms with Gasteiger partial charge in [-0.1, -0.05) is 32.8 Å². The lowest BCUT2D eigenvalue weighted by molar-refractivity contribution is 0.107. The first-order valence-corrected chi connectivity index (χ1v) is 16.0. The lowest BCUT2D eigenvalue weighted by Crippen LogP contribution is -2.34. The standard InChI is InChI=1S/C30H49FN6OS/c1-5-7-23(10-9-22(3)33-18-24-11-13-26(38)14-12-24)16-21(2)17-34-28-27(31)20-36-30(37-28)35-19-25-8-6-15-32-29(25)39-4/h6,8,15,20-24,26,33,38H,5,7,9-14,16-19H2,1-4H3,(H2,34,35,36,37)/t21-,22-,23?,24?,26?/m0/s1. The van der Waals surface area contributed by atoms with Gasteiger partial charge in [0, 0.05) is 30.9 Å². The fourth-order valence-corrected chi connectivity index (χ4v) is 6.08. The highest BCUT2D eigenvalue weighted by Crippen LogP contribution is 2.26. The fourth-order valence-electron chi connectivity index (χ4n) is 5.51. The lowest BCUT2D eigenvalue weighted by Gasteiger charge is -2.27. The van der Waals surface area contributed by atoms with Gasteiger partial charge in [0.1, 0.15) is 5.03 Å². The van der Waals surface area contributed by atoms with Crippen molar-refractivity contribution in [3.63, 3.8) is 0 Å². The van der Waals surface area contributed by atoms with Crippen molar-refractivity contribution >= 4 is 23.5 Å². The van der Waals surface area contributed by atoms with Gasteiger partial charge in [-0.3, -0.25) is 0 Å². The molecular formula is C30H49FN6OS. The molecule has 1 fully saturated rings. The number of nitrogens with zero attached hydrogens (tertiary/aromatic N) is 3. The van der Waals surface area contributed by atoms with Crippen LogP contribution in [-0.4, -0.2) is 51.5 Å². The first-order valence-electron chi connectivity index (χ1n) is 14.8. The van der Waals surface area contributed by atoms with Crippen molar-refractivity contribution in [2.75, 3.05) is 30.0 Å². The summed E-state index contributed by atoms with van der Waals surface area (Å²) in [5.41, 5.74) is 1.06. The van der Waals surface area contributed by atoms with Crippen molar-refractivity contribution in [3.8, 4) is 0 Å². The van der Waals surface area contributed by atoms with E-state index in [9.17, 15) is 9.50 Å². The van der Waals surface area contributed by atoms with E-state index in [1.807, 2.05) is 18.4 Å². The molecule has 4 N–H and O–H groups in total. The van der Waals surface area contributed by atoms with Crippen LogP contribution in [-0.2, 0) is 6.54 Å². The quantitative estimate of drug-likeness (QED) is 0.163. The second kappa shape index (κ2) is 17.0. The van der Waals surface area contributed by atoms with Gasteiger partial charge in [-0.2, -0.15) is 4.98 Å². The van der Waals surface area contributed by atoms with Crippen LogP contribution in [0.5, 0.6) is 0 Å². The smallest absolute Gasteiger partial charge is 0.225 e. The molecule has 0 bridgehead atoms. The molecule has 1 aliphatic carbocycles. The number of aliphatic hydroxyl groups excluding tert-OH is 1. The highest BCUT2D eigenvalue weighted by atomic mass is 32.2. The average molecular weight is 561 g/mol. The van der Waals surface area contributed by atoms with Gasteiger partial charge in [-0.15, -0.1) is 11.8 Å². The number of rotatable bonds is 17. The summed E-state index contributed by atoms with van der Waals surface area (Å²) >= 11 is 1.59. The monoisotopic (exact) mass is 560 g/mol. The van der Waals surface area contributed by atoms with Gasteiger partial charge < -0.3 is 21.1 Å². The van der Waals surface area contributed by atoms with E-state index in [-0.39, 0.29) is 11.9 Å². The van der Waals surface area contributed by atoms with Crippen LogP contribution < -0.4 is 16.0 Å². The van der Waals surface area contributed by atoms with Gasteiger partial charge in [0.05, 0.1) is 12.3 Å². The molecule has 0 radical (unpaired) electrons. The summed E-state index contributed by atoms with van der Waals surface area (Å²) in [6, 6.07) is 4.43. The van der Waals surface area contributed by atoms with Crippen LogP contribution in [0.1, 0.15) is 84.1 Å². The van der Waals surface area contributed by atoms with Crippen molar-refractivity contribution in [3.05, 3.63) is 35.9 Å². The fraction of sp³-hybridized carbons (Fsp3) is 0.700. The van der Waals surface area contributed by atoms with Crippen molar-refractivity contribution in [2.24, 2.45) is 17.8 Å². The number of hydrogen-bond donors (Lipinski definition) is 4. The van der Waals surface area contributed by atoms with Crippen molar-refractivity contribution in [1.29, 1.82) is 0 Å². The van der Waals surface area contributed by atoms with E-state index < -0.39 is 5.82 Å². The number of nitrogens with one attached hydrogen (secondary N) is 3. The Labute approximate surface area is 239 Å². The molecule has 1 saturated carbocycles. The SMILES string of the molecule is CCCC(CC[C@H](C)NCC1CCC(O)CC1)C[C@H](C)CNc1nc(NCc2cccnc2SC)ncc1F. The molecule has 0 aliphatic heterocycles. The van der Waals surface area contributed by atoms with Crippen LogP contribution in [0.25, 0.3) is 0 Å². The third-order valence-electron chi connectivity index (χ3n) is 7.85. The van der Waals surface area contributed by atoms with Crippen LogP contribution in [0.4, 0.5) is 16.2 Å². The molecule has 0 amide bonds. The molecule has 0 saturated heterocycles. The summed E-state index contributed by atoms with van der Waals surface area (Å²) < 4.78 is 14.5. The van der Waals surface area contributed by atoms with Crippen molar-refractivity contribution in [1.82, 2.24) is 20.3 Å². The Morgan fingerprint density at radius 3 is 2.64 bits per heavy atom. The minimum Gasteiger partial charge on any atom is -0.393 e. The number of anilines is 2. The zero-order chi connectivity index (χ0) is 28.0. The summed E-state index contributed by atoms with van der Waals surface area (Å²) in [4.78, 5) is 12.9. The molecule has 1 unspecified atom stereocenters. The zero-order valence-corrected chi connectivity index (χ0v) is 25.1. The maximum absolute atomic E-state index is 14.5.